The molecule has 0 N–H and O–H groups in total. The van der Waals surface area contributed by atoms with E-state index < -0.39 is 0 Å². The van der Waals surface area contributed by atoms with Crippen molar-refractivity contribution in [3.63, 3.8) is 0 Å². The van der Waals surface area contributed by atoms with Gasteiger partial charge in [-0.1, -0.05) is 42.5 Å². The quantitative estimate of drug-likeness (QED) is 0.410. The molecule has 18 heavy (non-hydrogen) atoms. The normalized spacial score (nSPS) is 13.1. The number of fused-ring (bicyclic) bond motifs is 3. The van der Waals surface area contributed by atoms with Crippen LogP contribution in [0.4, 0.5) is 0 Å². The number of benzene rings is 2. The summed E-state index contributed by atoms with van der Waals surface area (Å²) in [4.78, 5) is 0. The highest BCUT2D eigenvalue weighted by molar-refractivity contribution is 5.81. The van der Waals surface area contributed by atoms with Crippen molar-refractivity contribution in [2.45, 2.75) is 13.0 Å². The van der Waals surface area contributed by atoms with E-state index >= 15 is 0 Å². The van der Waals surface area contributed by atoms with Gasteiger partial charge in [0.15, 0.2) is 18.4 Å². The minimum atomic E-state index is 0.996. The van der Waals surface area contributed by atoms with E-state index in [9.17, 15) is 0 Å². The van der Waals surface area contributed by atoms with Crippen molar-refractivity contribution >= 4 is 10.8 Å². The van der Waals surface area contributed by atoms with E-state index in [1.165, 1.54) is 27.6 Å². The molecule has 1 aromatic heterocycles. The molecule has 0 bridgehead atoms. The molecule has 0 saturated heterocycles. The summed E-state index contributed by atoms with van der Waals surface area (Å²) in [5, 5.41) is 2.66. The fourth-order valence-corrected chi connectivity index (χ4v) is 2.84. The highest BCUT2D eigenvalue weighted by Crippen LogP contribution is 2.20. The maximum Gasteiger partial charge on any atom is 0.186 e. The molecule has 0 saturated carbocycles. The standard InChI is InChI=1S/C17H14N/c1-3-7-15-11-18-12-16-8-4-2-6-14(16)10-17(18)9-13(15)5-1/h1-9,11H,10,12H2/q+1. The summed E-state index contributed by atoms with van der Waals surface area (Å²) in [5.41, 5.74) is 4.32. The lowest BCUT2D eigenvalue weighted by atomic mass is 9.97. The van der Waals surface area contributed by atoms with Crippen LogP contribution in [0.1, 0.15) is 16.8 Å². The first kappa shape index (κ1) is 9.84. The van der Waals surface area contributed by atoms with Crippen LogP contribution < -0.4 is 4.57 Å². The number of hydrogen-bond donors (Lipinski definition) is 0. The summed E-state index contributed by atoms with van der Waals surface area (Å²) in [6.07, 6.45) is 3.32. The first-order valence-electron chi connectivity index (χ1n) is 6.38. The van der Waals surface area contributed by atoms with Crippen LogP contribution in [0.15, 0.2) is 60.8 Å². The van der Waals surface area contributed by atoms with Gasteiger partial charge in [-0.05, 0) is 17.0 Å². The largest absolute Gasteiger partial charge is 0.197 e. The van der Waals surface area contributed by atoms with Crippen LogP contribution in [-0.4, -0.2) is 0 Å². The molecule has 1 heteroatoms. The Kier molecular flexibility index (Phi) is 2.01. The Morgan fingerprint density at radius 2 is 1.50 bits per heavy atom. The summed E-state index contributed by atoms with van der Waals surface area (Å²) < 4.78 is 2.38. The SMILES string of the molecule is c1ccc2c(c1)Cc1cc3ccccc3c[n+]1C2. The second-order valence-corrected chi connectivity index (χ2v) is 4.97. The summed E-state index contributed by atoms with van der Waals surface area (Å²) in [6.45, 7) is 0.996. The summed E-state index contributed by atoms with van der Waals surface area (Å²) in [7, 11) is 0. The highest BCUT2D eigenvalue weighted by atomic mass is 15.0. The topological polar surface area (TPSA) is 3.88 Å². The van der Waals surface area contributed by atoms with Crippen molar-refractivity contribution in [3.05, 3.63) is 77.6 Å². The van der Waals surface area contributed by atoms with Gasteiger partial charge in [-0.15, -0.1) is 0 Å². The molecule has 0 atom stereocenters. The third-order valence-electron chi connectivity index (χ3n) is 3.81. The monoisotopic (exact) mass is 232 g/mol. The Balaban J connectivity index is 1.92. The molecule has 0 unspecified atom stereocenters. The van der Waals surface area contributed by atoms with Gasteiger partial charge in [0.1, 0.15) is 0 Å². The molecule has 4 rings (SSSR count). The molecule has 86 valence electrons. The maximum absolute atomic E-state index is 2.38. The van der Waals surface area contributed by atoms with Crippen LogP contribution in [-0.2, 0) is 13.0 Å². The van der Waals surface area contributed by atoms with E-state index in [2.05, 4.69) is 65.4 Å². The van der Waals surface area contributed by atoms with Crippen molar-refractivity contribution in [1.29, 1.82) is 0 Å². The Bertz CT molecular complexity index is 680. The Labute approximate surface area is 106 Å². The second kappa shape index (κ2) is 3.67. The minimum Gasteiger partial charge on any atom is -0.197 e. The van der Waals surface area contributed by atoms with Gasteiger partial charge in [-0.25, -0.2) is 0 Å². The van der Waals surface area contributed by atoms with Crippen LogP contribution in [0.5, 0.6) is 0 Å². The summed E-state index contributed by atoms with van der Waals surface area (Å²) in [5.74, 6) is 0. The minimum absolute atomic E-state index is 0.996. The smallest absolute Gasteiger partial charge is 0.186 e. The van der Waals surface area contributed by atoms with Gasteiger partial charge in [0.2, 0.25) is 0 Å². The highest BCUT2D eigenvalue weighted by Gasteiger charge is 2.21. The lowest BCUT2D eigenvalue weighted by Gasteiger charge is -2.14. The zero-order chi connectivity index (χ0) is 11.9. The van der Waals surface area contributed by atoms with E-state index in [4.69, 9.17) is 0 Å². The lowest BCUT2D eigenvalue weighted by Crippen LogP contribution is -2.42. The Morgan fingerprint density at radius 3 is 2.39 bits per heavy atom. The van der Waals surface area contributed by atoms with Crippen molar-refractivity contribution < 1.29 is 4.57 Å². The van der Waals surface area contributed by atoms with Crippen LogP contribution in [0.3, 0.4) is 0 Å². The zero-order valence-corrected chi connectivity index (χ0v) is 10.1. The van der Waals surface area contributed by atoms with Crippen molar-refractivity contribution in [3.8, 4) is 0 Å². The molecule has 3 aromatic rings. The number of pyridine rings is 1. The van der Waals surface area contributed by atoms with Crippen LogP contribution in [0.25, 0.3) is 10.8 Å². The van der Waals surface area contributed by atoms with Crippen LogP contribution in [0.2, 0.25) is 0 Å². The molecular formula is C17H14N+. The second-order valence-electron chi connectivity index (χ2n) is 4.97. The van der Waals surface area contributed by atoms with Crippen molar-refractivity contribution in [1.82, 2.24) is 0 Å². The molecule has 1 aliphatic heterocycles. The third-order valence-corrected chi connectivity index (χ3v) is 3.81. The van der Waals surface area contributed by atoms with E-state index in [1.807, 2.05) is 0 Å². The number of hydrogen-bond acceptors (Lipinski definition) is 0. The van der Waals surface area contributed by atoms with Gasteiger partial charge in [0.05, 0.1) is 6.42 Å². The molecule has 1 nitrogen and oxygen atoms in total. The fourth-order valence-electron chi connectivity index (χ4n) is 2.84. The number of aromatic nitrogens is 1. The fraction of sp³-hybridized carbons (Fsp3) is 0.118. The molecule has 2 heterocycles. The van der Waals surface area contributed by atoms with Gasteiger partial charge >= 0.3 is 0 Å². The summed E-state index contributed by atoms with van der Waals surface area (Å²) in [6, 6.07) is 19.7. The third kappa shape index (κ3) is 1.44. The van der Waals surface area contributed by atoms with Gasteiger partial charge in [-0.2, -0.15) is 4.57 Å². The molecule has 0 fully saturated rings. The molecule has 0 aliphatic carbocycles. The first-order chi connectivity index (χ1) is 8.90. The van der Waals surface area contributed by atoms with Gasteiger partial charge in [0.25, 0.3) is 0 Å². The average molecular weight is 232 g/mol. The van der Waals surface area contributed by atoms with Gasteiger partial charge in [0, 0.05) is 17.0 Å². The predicted molar refractivity (Wildman–Crippen MR) is 72.5 cm³/mol. The van der Waals surface area contributed by atoms with Crippen LogP contribution >= 0.6 is 0 Å². The molecule has 2 aromatic carbocycles. The van der Waals surface area contributed by atoms with E-state index in [0.717, 1.165) is 13.0 Å². The summed E-state index contributed by atoms with van der Waals surface area (Å²) >= 11 is 0. The van der Waals surface area contributed by atoms with Crippen LogP contribution in [0, 0.1) is 0 Å². The predicted octanol–water partition coefficient (Wildman–Crippen LogP) is 3.08. The molecule has 1 aliphatic rings. The molecule has 0 radical (unpaired) electrons. The Hall–Kier alpha value is -2.15. The average Bonchev–Trinajstić information content (AvgIpc) is 2.42. The van der Waals surface area contributed by atoms with E-state index in [1.54, 1.807) is 0 Å². The van der Waals surface area contributed by atoms with E-state index in [-0.39, 0.29) is 0 Å². The van der Waals surface area contributed by atoms with E-state index in [0.29, 0.717) is 0 Å². The molecule has 0 spiro atoms. The Morgan fingerprint density at radius 1 is 0.778 bits per heavy atom. The number of rotatable bonds is 0. The van der Waals surface area contributed by atoms with Crippen molar-refractivity contribution in [2.24, 2.45) is 0 Å². The lowest BCUT2D eigenvalue weighted by molar-refractivity contribution is -0.696. The molecule has 0 amide bonds. The zero-order valence-electron chi connectivity index (χ0n) is 10.1. The first-order valence-corrected chi connectivity index (χ1v) is 6.38. The van der Waals surface area contributed by atoms with Gasteiger partial charge in [-0.3, -0.25) is 0 Å². The van der Waals surface area contributed by atoms with Gasteiger partial charge < -0.3 is 0 Å². The molecular weight excluding hydrogens is 218 g/mol. The number of nitrogens with zero attached hydrogens (tertiary/aromatic N) is 1. The maximum atomic E-state index is 2.38. The van der Waals surface area contributed by atoms with Crippen molar-refractivity contribution in [2.75, 3.05) is 0 Å².